The van der Waals surface area contributed by atoms with Crippen molar-refractivity contribution in [3.8, 4) is 0 Å². The monoisotopic (exact) mass is 424 g/mol. The van der Waals surface area contributed by atoms with Crippen LogP contribution >= 0.6 is 11.8 Å². The van der Waals surface area contributed by atoms with Gasteiger partial charge in [-0.1, -0.05) is 24.3 Å². The largest absolute Gasteiger partial charge is 1.00 e. The number of azo groups is 1. The van der Waals surface area contributed by atoms with E-state index in [1.165, 1.54) is 36.0 Å². The van der Waals surface area contributed by atoms with Crippen LogP contribution in [-0.4, -0.2) is 24.7 Å². The number of nitrogens with zero attached hydrogens (tertiary/aromatic N) is 2. The molecule has 3 aromatic carbocycles. The van der Waals surface area contributed by atoms with E-state index in [9.17, 15) is 18.3 Å². The second-order valence-electron chi connectivity index (χ2n) is 5.46. The summed E-state index contributed by atoms with van der Waals surface area (Å²) < 4.78 is 31.1. The van der Waals surface area contributed by atoms with E-state index in [4.69, 9.17) is 4.55 Å². The van der Waals surface area contributed by atoms with Crippen LogP contribution in [0.5, 0.6) is 0 Å². The van der Waals surface area contributed by atoms with Gasteiger partial charge in [0.05, 0.1) is 22.2 Å². The zero-order chi connectivity index (χ0) is 19.4. The van der Waals surface area contributed by atoms with E-state index < -0.39 is 16.1 Å². The number of fused-ring (bicyclic) bond motifs is 1. The minimum atomic E-state index is -4.25. The van der Waals surface area contributed by atoms with Crippen molar-refractivity contribution in [2.75, 3.05) is 5.75 Å². The third-order valence-electron chi connectivity index (χ3n) is 3.61. The molecule has 138 valence electrons. The van der Waals surface area contributed by atoms with Gasteiger partial charge in [0, 0.05) is 16.0 Å². The molecule has 0 aromatic heterocycles. The quantitative estimate of drug-likeness (QED) is 0.264. The maximum absolute atomic E-state index is 11.1. The van der Waals surface area contributed by atoms with Crippen LogP contribution in [0.25, 0.3) is 10.8 Å². The van der Waals surface area contributed by atoms with Gasteiger partial charge in [0.25, 0.3) is 10.1 Å². The molecule has 3 aromatic rings. The molecule has 10 heteroatoms. The first-order valence-electron chi connectivity index (χ1n) is 7.68. The van der Waals surface area contributed by atoms with Crippen molar-refractivity contribution in [1.82, 2.24) is 0 Å². The summed E-state index contributed by atoms with van der Waals surface area (Å²) in [6, 6.07) is 16.2. The second kappa shape index (κ2) is 9.64. The summed E-state index contributed by atoms with van der Waals surface area (Å²) >= 11 is 1.17. The zero-order valence-electron chi connectivity index (χ0n) is 14.8. The molecule has 0 aliphatic heterocycles. The third kappa shape index (κ3) is 5.63. The van der Waals surface area contributed by atoms with Gasteiger partial charge in [-0.3, -0.25) is 4.55 Å². The summed E-state index contributed by atoms with van der Waals surface area (Å²) in [5.41, 5.74) is 1.00. The van der Waals surface area contributed by atoms with Crippen LogP contribution in [0.3, 0.4) is 0 Å². The Hall–Kier alpha value is -1.75. The van der Waals surface area contributed by atoms with Crippen LogP contribution in [0.4, 0.5) is 11.4 Å². The summed E-state index contributed by atoms with van der Waals surface area (Å²) in [4.78, 5) is 11.3. The van der Waals surface area contributed by atoms with Gasteiger partial charge >= 0.3 is 29.6 Å². The molecule has 0 saturated carbocycles. The van der Waals surface area contributed by atoms with Gasteiger partial charge in [-0.25, -0.2) is 0 Å². The van der Waals surface area contributed by atoms with Crippen molar-refractivity contribution >= 4 is 50.0 Å². The molecule has 0 heterocycles. The van der Waals surface area contributed by atoms with Gasteiger partial charge in [-0.2, -0.15) is 13.5 Å². The van der Waals surface area contributed by atoms with Crippen LogP contribution < -0.4 is 34.7 Å². The van der Waals surface area contributed by atoms with E-state index in [1.54, 1.807) is 12.1 Å². The van der Waals surface area contributed by atoms with Crippen molar-refractivity contribution in [3.05, 3.63) is 60.7 Å². The minimum absolute atomic E-state index is 0. The van der Waals surface area contributed by atoms with E-state index in [1.807, 2.05) is 24.3 Å². The fourth-order valence-electron chi connectivity index (χ4n) is 2.40. The predicted molar refractivity (Wildman–Crippen MR) is 100 cm³/mol. The number of thioether (sulfide) groups is 1. The maximum atomic E-state index is 11.1. The number of hydrogen-bond donors (Lipinski definition) is 1. The SMILES string of the molecule is O=C([O-])CSc1ccc(N=Nc2ccc(S(=O)(=O)O)cc2)c2ccccc12.[Na+]. The minimum Gasteiger partial charge on any atom is -0.549 e. The third-order valence-corrected chi connectivity index (χ3v) is 5.53. The van der Waals surface area contributed by atoms with Crippen LogP contribution in [0.2, 0.25) is 0 Å². The number of carboxylic acids is 1. The first-order valence-corrected chi connectivity index (χ1v) is 10.1. The van der Waals surface area contributed by atoms with Gasteiger partial charge in [0.15, 0.2) is 0 Å². The Balaban J connectivity index is 0.00000280. The summed E-state index contributed by atoms with van der Waals surface area (Å²) in [6.45, 7) is 0. The smallest absolute Gasteiger partial charge is 0.549 e. The molecule has 0 aliphatic rings. The number of benzene rings is 3. The predicted octanol–water partition coefficient (Wildman–Crippen LogP) is 0.348. The Kier molecular flexibility index (Phi) is 7.76. The van der Waals surface area contributed by atoms with Crippen molar-refractivity contribution in [2.24, 2.45) is 10.2 Å². The van der Waals surface area contributed by atoms with E-state index in [-0.39, 0.29) is 40.2 Å². The van der Waals surface area contributed by atoms with Gasteiger partial charge < -0.3 is 9.90 Å². The Morgan fingerprint density at radius 2 is 1.61 bits per heavy atom. The van der Waals surface area contributed by atoms with Gasteiger partial charge in [-0.05, 0) is 41.8 Å². The molecule has 1 N–H and O–H groups in total. The molecule has 7 nitrogen and oxygen atoms in total. The standard InChI is InChI=1S/C18H14N2O5S2.Na/c21-18(22)11-26-17-10-9-16(14-3-1-2-4-15(14)17)20-19-12-5-7-13(8-6-12)27(23,24)25;/h1-10H,11H2,(H,21,22)(H,23,24,25);/q;+1/p-1. The summed E-state index contributed by atoms with van der Waals surface area (Å²) in [5, 5.41) is 20.7. The van der Waals surface area contributed by atoms with E-state index in [0.717, 1.165) is 15.7 Å². The van der Waals surface area contributed by atoms with Gasteiger partial charge in [0.2, 0.25) is 0 Å². The second-order valence-corrected chi connectivity index (χ2v) is 7.90. The molecule has 0 bridgehead atoms. The number of carboxylic acid groups (broad SMARTS) is 1. The van der Waals surface area contributed by atoms with Crippen molar-refractivity contribution in [3.63, 3.8) is 0 Å². The molecule has 3 rings (SSSR count). The maximum Gasteiger partial charge on any atom is 1.00 e. The van der Waals surface area contributed by atoms with Crippen molar-refractivity contribution in [2.45, 2.75) is 9.79 Å². The van der Waals surface area contributed by atoms with Crippen molar-refractivity contribution in [1.29, 1.82) is 0 Å². The van der Waals surface area contributed by atoms with Crippen molar-refractivity contribution < 1.29 is 52.4 Å². The zero-order valence-corrected chi connectivity index (χ0v) is 18.4. The molecule has 0 radical (unpaired) electrons. The first kappa shape index (κ1) is 22.5. The average Bonchev–Trinajstić information content (AvgIpc) is 2.64. The normalized spacial score (nSPS) is 11.5. The molecule has 0 spiro atoms. The fraction of sp³-hybridized carbons (Fsp3) is 0.0556. The summed E-state index contributed by atoms with van der Waals surface area (Å²) in [5.74, 6) is -1.29. The molecule has 0 amide bonds. The summed E-state index contributed by atoms with van der Waals surface area (Å²) in [7, 11) is -4.25. The fourth-order valence-corrected chi connectivity index (χ4v) is 3.65. The molecule has 0 fully saturated rings. The number of carbonyl (C=O) groups excluding carboxylic acids is 1. The van der Waals surface area contributed by atoms with E-state index in [0.29, 0.717) is 11.4 Å². The topological polar surface area (TPSA) is 119 Å². The molecule has 0 unspecified atom stereocenters. The number of carbonyl (C=O) groups is 1. The Morgan fingerprint density at radius 1 is 0.964 bits per heavy atom. The van der Waals surface area contributed by atoms with Gasteiger partial charge in [0.1, 0.15) is 0 Å². The molecular weight excluding hydrogens is 411 g/mol. The molecule has 0 atom stereocenters. The van der Waals surface area contributed by atoms with Crippen LogP contribution in [0, 0.1) is 0 Å². The molecule has 0 saturated heterocycles. The molecule has 28 heavy (non-hydrogen) atoms. The van der Waals surface area contributed by atoms with Crippen LogP contribution in [0.15, 0.2) is 80.7 Å². The van der Waals surface area contributed by atoms with Crippen LogP contribution in [-0.2, 0) is 14.9 Å². The summed E-state index contributed by atoms with van der Waals surface area (Å²) in [6.07, 6.45) is 0. The molecule has 0 aliphatic carbocycles. The van der Waals surface area contributed by atoms with Gasteiger partial charge in [-0.15, -0.1) is 16.9 Å². The first-order chi connectivity index (χ1) is 12.8. The van der Waals surface area contributed by atoms with Crippen LogP contribution in [0.1, 0.15) is 0 Å². The average molecular weight is 424 g/mol. The van der Waals surface area contributed by atoms with E-state index in [2.05, 4.69) is 10.2 Å². The Labute approximate surface area is 187 Å². The Morgan fingerprint density at radius 3 is 2.21 bits per heavy atom. The number of rotatable bonds is 6. The Bertz CT molecular complexity index is 1130. The van der Waals surface area contributed by atoms with E-state index >= 15 is 0 Å². The number of aliphatic carboxylic acids is 1. The molecular formula is C18H13N2NaO5S2. The number of hydrogen-bond acceptors (Lipinski definition) is 7.